The van der Waals surface area contributed by atoms with Crippen LogP contribution in [0.1, 0.15) is 30.4 Å². The summed E-state index contributed by atoms with van der Waals surface area (Å²) in [5, 5.41) is -0.512. The van der Waals surface area contributed by atoms with Crippen LogP contribution in [-0.4, -0.2) is 27.0 Å². The maximum Gasteiger partial charge on any atom is 0.149 e. The van der Waals surface area contributed by atoms with Gasteiger partial charge in [0.05, 0.1) is 17.7 Å². The van der Waals surface area contributed by atoms with Crippen molar-refractivity contribution in [2.45, 2.75) is 24.6 Å². The summed E-state index contributed by atoms with van der Waals surface area (Å²) in [6.07, 6.45) is 1.20. The Morgan fingerprint density at radius 1 is 1.44 bits per heavy atom. The Labute approximate surface area is 113 Å². The third-order valence-electron chi connectivity index (χ3n) is 3.13. The Morgan fingerprint density at radius 3 is 2.72 bits per heavy atom. The molecule has 18 heavy (non-hydrogen) atoms. The molecule has 5 heteroatoms. The van der Waals surface area contributed by atoms with Crippen LogP contribution in [-0.2, 0) is 15.3 Å². The fraction of sp³-hybridized carbons (Fsp3) is 0.538. The molecule has 0 radical (unpaired) electrons. The number of ether oxygens (including phenoxy) is 1. The van der Waals surface area contributed by atoms with E-state index < -0.39 is 15.2 Å². The maximum atomic E-state index is 11.3. The summed E-state index contributed by atoms with van der Waals surface area (Å²) < 4.78 is 28.1. The number of hydrogen-bond acceptors (Lipinski definition) is 3. The van der Waals surface area contributed by atoms with Crippen molar-refractivity contribution < 1.29 is 13.2 Å². The molecule has 1 heterocycles. The number of fused-ring (bicyclic) bond motifs is 1. The van der Waals surface area contributed by atoms with Crippen LogP contribution in [0.3, 0.4) is 0 Å². The molecule has 1 atom stereocenters. The van der Waals surface area contributed by atoms with Gasteiger partial charge in [0.15, 0.2) is 0 Å². The molecule has 1 aromatic rings. The quantitative estimate of drug-likeness (QED) is 0.803. The van der Waals surface area contributed by atoms with Gasteiger partial charge in [0.2, 0.25) is 0 Å². The van der Waals surface area contributed by atoms with E-state index in [4.69, 9.17) is 16.3 Å². The van der Waals surface area contributed by atoms with Crippen molar-refractivity contribution >= 4 is 21.4 Å². The van der Waals surface area contributed by atoms with Gasteiger partial charge in [-0.1, -0.05) is 19.9 Å². The first-order chi connectivity index (χ1) is 8.19. The molecule has 1 aromatic carbocycles. The minimum Gasteiger partial charge on any atom is -0.492 e. The van der Waals surface area contributed by atoms with E-state index >= 15 is 0 Å². The van der Waals surface area contributed by atoms with E-state index in [9.17, 15) is 8.42 Å². The third-order valence-corrected chi connectivity index (χ3v) is 4.66. The molecule has 100 valence electrons. The number of hydrogen-bond donors (Lipinski definition) is 0. The number of halogens is 1. The standard InChI is InChI=1S/C13H17ClO3S/c1-13(2)8-17-12-5-4-9(6-10(12)13)11(14)7-18(3,15)16/h4-6,11H,7-8H2,1-3H3. The maximum absolute atomic E-state index is 11.3. The first kappa shape index (κ1) is 13.7. The van der Waals surface area contributed by atoms with Gasteiger partial charge in [-0.05, 0) is 17.7 Å². The van der Waals surface area contributed by atoms with Gasteiger partial charge < -0.3 is 4.74 Å². The summed E-state index contributed by atoms with van der Waals surface area (Å²) in [4.78, 5) is 0. The van der Waals surface area contributed by atoms with Crippen molar-refractivity contribution in [3.63, 3.8) is 0 Å². The highest BCUT2D eigenvalue weighted by Gasteiger charge is 2.32. The molecule has 0 bridgehead atoms. The second kappa shape index (κ2) is 4.42. The van der Waals surface area contributed by atoms with E-state index in [-0.39, 0.29) is 11.2 Å². The Hall–Kier alpha value is -0.740. The van der Waals surface area contributed by atoms with E-state index in [2.05, 4.69) is 13.8 Å². The highest BCUT2D eigenvalue weighted by molar-refractivity contribution is 7.90. The van der Waals surface area contributed by atoms with Crippen molar-refractivity contribution in [1.29, 1.82) is 0 Å². The summed E-state index contributed by atoms with van der Waals surface area (Å²) in [7, 11) is -3.08. The fourth-order valence-electron chi connectivity index (χ4n) is 2.10. The van der Waals surface area contributed by atoms with Gasteiger partial charge in [0, 0.05) is 17.2 Å². The number of benzene rings is 1. The highest BCUT2D eigenvalue weighted by Crippen LogP contribution is 2.40. The zero-order chi connectivity index (χ0) is 13.6. The van der Waals surface area contributed by atoms with Crippen molar-refractivity contribution in [3.05, 3.63) is 29.3 Å². The van der Waals surface area contributed by atoms with Gasteiger partial charge in [0.1, 0.15) is 15.6 Å². The molecule has 0 saturated carbocycles. The van der Waals surface area contributed by atoms with Crippen LogP contribution >= 0.6 is 11.6 Å². The lowest BCUT2D eigenvalue weighted by atomic mass is 9.86. The smallest absolute Gasteiger partial charge is 0.149 e. The summed E-state index contributed by atoms with van der Waals surface area (Å²) in [5.41, 5.74) is 1.88. The average Bonchev–Trinajstić information content (AvgIpc) is 2.52. The number of sulfone groups is 1. The van der Waals surface area contributed by atoms with E-state index in [1.54, 1.807) is 0 Å². The van der Waals surface area contributed by atoms with Gasteiger partial charge in [-0.3, -0.25) is 0 Å². The van der Waals surface area contributed by atoms with Crippen LogP contribution in [0.4, 0.5) is 0 Å². The molecule has 0 aliphatic carbocycles. The van der Waals surface area contributed by atoms with Gasteiger partial charge >= 0.3 is 0 Å². The minimum atomic E-state index is -3.08. The van der Waals surface area contributed by atoms with E-state index in [1.165, 1.54) is 6.26 Å². The summed E-state index contributed by atoms with van der Waals surface area (Å²) in [6, 6.07) is 5.67. The van der Waals surface area contributed by atoms with Crippen molar-refractivity contribution in [2.75, 3.05) is 18.6 Å². The first-order valence-electron chi connectivity index (χ1n) is 5.78. The van der Waals surface area contributed by atoms with Crippen LogP contribution < -0.4 is 4.74 Å². The topological polar surface area (TPSA) is 43.4 Å². The molecule has 2 rings (SSSR count). The molecule has 0 amide bonds. The fourth-order valence-corrected chi connectivity index (χ4v) is 3.64. The first-order valence-corrected chi connectivity index (χ1v) is 8.28. The van der Waals surface area contributed by atoms with E-state index in [1.807, 2.05) is 18.2 Å². The van der Waals surface area contributed by atoms with E-state index in [0.717, 1.165) is 16.9 Å². The molecule has 1 unspecified atom stereocenters. The van der Waals surface area contributed by atoms with E-state index in [0.29, 0.717) is 6.61 Å². The molecule has 0 saturated heterocycles. The Bertz CT molecular complexity index is 564. The molecule has 1 aliphatic heterocycles. The largest absolute Gasteiger partial charge is 0.492 e. The van der Waals surface area contributed by atoms with Gasteiger partial charge in [-0.2, -0.15) is 0 Å². The summed E-state index contributed by atoms with van der Waals surface area (Å²) in [6.45, 7) is 4.84. The molecule has 0 fully saturated rings. The van der Waals surface area contributed by atoms with Gasteiger partial charge in [-0.25, -0.2) is 8.42 Å². The normalized spacial score (nSPS) is 19.1. The average molecular weight is 289 g/mol. The lowest BCUT2D eigenvalue weighted by molar-refractivity contribution is 0.291. The molecule has 0 spiro atoms. The highest BCUT2D eigenvalue weighted by atomic mass is 35.5. The monoisotopic (exact) mass is 288 g/mol. The van der Waals surface area contributed by atoms with Crippen LogP contribution in [0.5, 0.6) is 5.75 Å². The lowest BCUT2D eigenvalue weighted by Gasteiger charge is -2.17. The SMILES string of the molecule is CC1(C)COc2ccc(C(Cl)CS(C)(=O)=O)cc21. The molecule has 3 nitrogen and oxygen atoms in total. The predicted octanol–water partition coefficient (Wildman–Crippen LogP) is 2.68. The predicted molar refractivity (Wildman–Crippen MR) is 73.3 cm³/mol. The minimum absolute atomic E-state index is 0.0470. The second-order valence-electron chi connectivity index (χ2n) is 5.49. The van der Waals surface area contributed by atoms with Gasteiger partial charge in [-0.15, -0.1) is 11.6 Å². The molecule has 1 aliphatic rings. The second-order valence-corrected chi connectivity index (χ2v) is 8.20. The summed E-state index contributed by atoms with van der Waals surface area (Å²) in [5.74, 6) is 0.821. The summed E-state index contributed by atoms with van der Waals surface area (Å²) >= 11 is 6.17. The van der Waals surface area contributed by atoms with Crippen LogP contribution in [0.2, 0.25) is 0 Å². The zero-order valence-electron chi connectivity index (χ0n) is 10.7. The number of alkyl halides is 1. The van der Waals surface area contributed by atoms with Crippen LogP contribution in [0.25, 0.3) is 0 Å². The number of rotatable bonds is 3. The van der Waals surface area contributed by atoms with Gasteiger partial charge in [0.25, 0.3) is 0 Å². The molecular weight excluding hydrogens is 272 g/mol. The van der Waals surface area contributed by atoms with Crippen molar-refractivity contribution in [2.24, 2.45) is 0 Å². The van der Waals surface area contributed by atoms with Crippen LogP contribution in [0.15, 0.2) is 18.2 Å². The molecule has 0 N–H and O–H groups in total. The molecular formula is C13H17ClO3S. The van der Waals surface area contributed by atoms with Crippen molar-refractivity contribution in [1.82, 2.24) is 0 Å². The zero-order valence-corrected chi connectivity index (χ0v) is 12.3. The van der Waals surface area contributed by atoms with Crippen LogP contribution in [0, 0.1) is 0 Å². The molecule has 0 aromatic heterocycles. The third kappa shape index (κ3) is 2.81. The Kier molecular flexibility index (Phi) is 3.36. The Morgan fingerprint density at radius 2 is 2.11 bits per heavy atom. The lowest BCUT2D eigenvalue weighted by Crippen LogP contribution is -2.18. The van der Waals surface area contributed by atoms with Crippen molar-refractivity contribution in [3.8, 4) is 5.75 Å². The Balaban J connectivity index is 2.32.